The summed E-state index contributed by atoms with van der Waals surface area (Å²) >= 11 is 1.77. The standard InChI is InChI=1S/C51H34N2O2S/c1-32-25-40(51-24-23-50(56-51)38-20-21-42-41-17-8-9-18-48(41)55-49(42)31-38)29-44(52-32)36-15-10-16-37(26-36)45-27-39(34-13-6-3-7-14-34)28-46(53-45)43-22-19-35(30-47(43)54)33-11-4-2-5-12-33/h2-31,54H,1H3. The Hall–Kier alpha value is -7.08. The number of nitrogens with zero attached hydrogens (tertiary/aromatic N) is 2. The summed E-state index contributed by atoms with van der Waals surface area (Å²) in [5.41, 5.74) is 14.2. The molecular weight excluding hydrogens is 705 g/mol. The summed E-state index contributed by atoms with van der Waals surface area (Å²) in [4.78, 5) is 12.5. The molecule has 4 nitrogen and oxygen atoms in total. The van der Waals surface area contributed by atoms with Gasteiger partial charge in [-0.25, -0.2) is 4.98 Å². The Kier molecular flexibility index (Phi) is 8.35. The minimum absolute atomic E-state index is 0.187. The van der Waals surface area contributed by atoms with E-state index in [9.17, 15) is 5.11 Å². The molecule has 0 unspecified atom stereocenters. The van der Waals surface area contributed by atoms with Crippen molar-refractivity contribution in [3.8, 4) is 82.7 Å². The van der Waals surface area contributed by atoms with Crippen LogP contribution in [0.3, 0.4) is 0 Å². The summed E-state index contributed by atoms with van der Waals surface area (Å²) in [6.07, 6.45) is 0. The lowest BCUT2D eigenvalue weighted by Gasteiger charge is -2.13. The lowest BCUT2D eigenvalue weighted by Crippen LogP contribution is -1.93. The van der Waals surface area contributed by atoms with Gasteiger partial charge in [-0.3, -0.25) is 4.98 Å². The number of para-hydroxylation sites is 1. The van der Waals surface area contributed by atoms with E-state index < -0.39 is 0 Å². The normalized spacial score (nSPS) is 11.4. The minimum atomic E-state index is 0.187. The van der Waals surface area contributed by atoms with Crippen molar-refractivity contribution in [2.45, 2.75) is 6.92 Å². The van der Waals surface area contributed by atoms with Crippen molar-refractivity contribution in [1.29, 1.82) is 0 Å². The number of thiophene rings is 1. The topological polar surface area (TPSA) is 59.2 Å². The van der Waals surface area contributed by atoms with Crippen LogP contribution < -0.4 is 0 Å². The van der Waals surface area contributed by atoms with Gasteiger partial charge in [0.1, 0.15) is 16.9 Å². The zero-order chi connectivity index (χ0) is 37.6. The molecule has 1 N–H and O–H groups in total. The van der Waals surface area contributed by atoms with Crippen LogP contribution in [0.5, 0.6) is 5.75 Å². The molecule has 56 heavy (non-hydrogen) atoms. The number of phenolic OH excluding ortho intramolecular Hbond substituents is 1. The molecule has 10 rings (SSSR count). The second kappa shape index (κ2) is 14.0. The molecule has 0 bridgehead atoms. The molecule has 0 saturated heterocycles. The van der Waals surface area contributed by atoms with Gasteiger partial charge >= 0.3 is 0 Å². The molecule has 0 amide bonds. The zero-order valence-electron chi connectivity index (χ0n) is 30.5. The first-order chi connectivity index (χ1) is 27.5. The van der Waals surface area contributed by atoms with Crippen LogP contribution in [0.1, 0.15) is 5.69 Å². The Labute approximate surface area is 328 Å². The van der Waals surface area contributed by atoms with Gasteiger partial charge in [-0.05, 0) is 113 Å². The molecule has 4 aromatic heterocycles. The van der Waals surface area contributed by atoms with Gasteiger partial charge < -0.3 is 9.52 Å². The van der Waals surface area contributed by atoms with Gasteiger partial charge in [0.15, 0.2) is 0 Å². The first kappa shape index (κ1) is 33.5. The fourth-order valence-electron chi connectivity index (χ4n) is 7.50. The van der Waals surface area contributed by atoms with Crippen molar-refractivity contribution in [3.05, 3.63) is 188 Å². The van der Waals surface area contributed by atoms with Gasteiger partial charge in [-0.2, -0.15) is 0 Å². The van der Waals surface area contributed by atoms with Gasteiger partial charge in [-0.1, -0.05) is 109 Å². The molecule has 4 heterocycles. The van der Waals surface area contributed by atoms with E-state index in [4.69, 9.17) is 14.4 Å². The van der Waals surface area contributed by atoms with E-state index in [0.29, 0.717) is 11.3 Å². The van der Waals surface area contributed by atoms with E-state index in [1.165, 1.54) is 9.75 Å². The number of phenols is 1. The quantitative estimate of drug-likeness (QED) is 0.177. The second-order valence-electron chi connectivity index (χ2n) is 14.0. The smallest absolute Gasteiger partial charge is 0.136 e. The molecule has 6 aromatic carbocycles. The summed E-state index contributed by atoms with van der Waals surface area (Å²) in [6, 6.07) is 62.2. The molecule has 10 aromatic rings. The monoisotopic (exact) mass is 738 g/mol. The van der Waals surface area contributed by atoms with Crippen molar-refractivity contribution >= 4 is 33.3 Å². The van der Waals surface area contributed by atoms with Gasteiger partial charge in [0.2, 0.25) is 0 Å². The summed E-state index contributed by atoms with van der Waals surface area (Å²) < 4.78 is 6.19. The molecule has 0 fully saturated rings. The average molecular weight is 739 g/mol. The number of aromatic nitrogens is 2. The zero-order valence-corrected chi connectivity index (χ0v) is 31.3. The Bertz CT molecular complexity index is 3050. The molecule has 5 heteroatoms. The van der Waals surface area contributed by atoms with Gasteiger partial charge in [-0.15, -0.1) is 11.3 Å². The predicted octanol–water partition coefficient (Wildman–Crippen LogP) is 14.1. The predicted molar refractivity (Wildman–Crippen MR) is 232 cm³/mol. The Morgan fingerprint density at radius 3 is 1.79 bits per heavy atom. The van der Waals surface area contributed by atoms with E-state index in [0.717, 1.165) is 83.5 Å². The van der Waals surface area contributed by atoms with E-state index in [-0.39, 0.29) is 5.75 Å². The van der Waals surface area contributed by atoms with Crippen molar-refractivity contribution in [3.63, 3.8) is 0 Å². The molecule has 0 saturated carbocycles. The molecule has 0 aliphatic heterocycles. The summed E-state index contributed by atoms with van der Waals surface area (Å²) in [7, 11) is 0. The van der Waals surface area contributed by atoms with Crippen LogP contribution in [0.15, 0.2) is 186 Å². The Morgan fingerprint density at radius 2 is 1.02 bits per heavy atom. The van der Waals surface area contributed by atoms with Crippen LogP contribution >= 0.6 is 11.3 Å². The summed E-state index contributed by atoms with van der Waals surface area (Å²) in [6.45, 7) is 2.05. The molecule has 0 atom stereocenters. The molecule has 0 aliphatic rings. The number of benzene rings is 6. The van der Waals surface area contributed by atoms with Gasteiger partial charge in [0.05, 0.1) is 17.1 Å². The number of furan rings is 1. The first-order valence-electron chi connectivity index (χ1n) is 18.6. The van der Waals surface area contributed by atoms with E-state index >= 15 is 0 Å². The third-order valence-corrected chi connectivity index (χ3v) is 11.5. The van der Waals surface area contributed by atoms with Crippen LogP contribution in [0, 0.1) is 6.92 Å². The molecule has 0 aliphatic carbocycles. The maximum absolute atomic E-state index is 11.4. The third-order valence-electron chi connectivity index (χ3n) is 10.3. The van der Waals surface area contributed by atoms with Crippen molar-refractivity contribution < 1.29 is 9.52 Å². The lowest BCUT2D eigenvalue weighted by molar-refractivity contribution is 0.477. The molecular formula is C51H34N2O2S. The number of aromatic hydroxyl groups is 1. The van der Waals surface area contributed by atoms with Gasteiger partial charge in [0.25, 0.3) is 0 Å². The average Bonchev–Trinajstić information content (AvgIpc) is 3.90. The third kappa shape index (κ3) is 6.34. The Balaban J connectivity index is 1.00. The summed E-state index contributed by atoms with van der Waals surface area (Å²) in [5, 5.41) is 13.6. The van der Waals surface area contributed by atoms with E-state index in [1.54, 1.807) is 11.3 Å². The fraction of sp³-hybridized carbons (Fsp3) is 0.0196. The largest absolute Gasteiger partial charge is 0.507 e. The highest BCUT2D eigenvalue weighted by atomic mass is 32.1. The van der Waals surface area contributed by atoms with Crippen LogP contribution in [-0.4, -0.2) is 15.1 Å². The molecule has 266 valence electrons. The second-order valence-corrected chi connectivity index (χ2v) is 15.1. The van der Waals surface area contributed by atoms with Crippen molar-refractivity contribution in [2.75, 3.05) is 0 Å². The molecule has 0 radical (unpaired) electrons. The first-order valence-corrected chi connectivity index (χ1v) is 19.4. The maximum Gasteiger partial charge on any atom is 0.136 e. The van der Waals surface area contributed by atoms with Crippen LogP contribution in [0.4, 0.5) is 0 Å². The number of fused-ring (bicyclic) bond motifs is 3. The minimum Gasteiger partial charge on any atom is -0.507 e. The van der Waals surface area contributed by atoms with Crippen molar-refractivity contribution in [1.82, 2.24) is 9.97 Å². The lowest BCUT2D eigenvalue weighted by atomic mass is 9.97. The number of hydrogen-bond acceptors (Lipinski definition) is 5. The maximum atomic E-state index is 11.4. The van der Waals surface area contributed by atoms with Crippen LogP contribution in [0.2, 0.25) is 0 Å². The number of aryl methyl sites for hydroxylation is 1. The SMILES string of the molecule is Cc1cc(-c2ccc(-c3ccc4c(c3)oc3ccccc34)s2)cc(-c2cccc(-c3cc(-c4ccccc4)cc(-c4ccc(-c5ccccc5)cc4O)n3)c2)n1. The number of rotatable bonds is 7. The summed E-state index contributed by atoms with van der Waals surface area (Å²) in [5.74, 6) is 0.187. The number of pyridine rings is 2. The fourth-order valence-corrected chi connectivity index (χ4v) is 8.49. The van der Waals surface area contributed by atoms with E-state index in [2.05, 4.69) is 97.1 Å². The van der Waals surface area contributed by atoms with Gasteiger partial charge in [0, 0.05) is 42.9 Å². The Morgan fingerprint density at radius 1 is 0.411 bits per heavy atom. The van der Waals surface area contributed by atoms with Crippen molar-refractivity contribution in [2.24, 2.45) is 0 Å². The highest BCUT2D eigenvalue weighted by Crippen LogP contribution is 2.40. The molecule has 0 spiro atoms. The number of hydrogen-bond donors (Lipinski definition) is 1. The highest BCUT2D eigenvalue weighted by Gasteiger charge is 2.16. The highest BCUT2D eigenvalue weighted by molar-refractivity contribution is 7.18. The van der Waals surface area contributed by atoms with Crippen LogP contribution in [-0.2, 0) is 0 Å². The van der Waals surface area contributed by atoms with E-state index in [1.807, 2.05) is 91.9 Å². The van der Waals surface area contributed by atoms with Crippen LogP contribution in [0.25, 0.3) is 98.8 Å².